The fourth-order valence-electron chi connectivity index (χ4n) is 3.15. The summed E-state index contributed by atoms with van der Waals surface area (Å²) in [5.74, 6) is 0.744. The zero-order valence-electron chi connectivity index (χ0n) is 17.2. The van der Waals surface area contributed by atoms with Crippen LogP contribution in [0, 0.1) is 0 Å². The van der Waals surface area contributed by atoms with Crippen LogP contribution in [-0.4, -0.2) is 23.4 Å². The van der Waals surface area contributed by atoms with E-state index in [9.17, 15) is 10.2 Å². The summed E-state index contributed by atoms with van der Waals surface area (Å²) in [6.07, 6.45) is 9.70. The Kier molecular flexibility index (Phi) is 11.0. The predicted octanol–water partition coefficient (Wildman–Crippen LogP) is 6.14. The molecular weight excluding hydrogens is 328 g/mol. The first-order chi connectivity index (χ1) is 12.6. The van der Waals surface area contributed by atoms with Gasteiger partial charge in [0.2, 0.25) is 11.5 Å². The molecule has 0 aliphatic heterocycles. The van der Waals surface area contributed by atoms with Crippen LogP contribution in [0.4, 0.5) is 0 Å². The molecule has 0 fully saturated rings. The minimum absolute atomic E-state index is 0.0401. The molecule has 0 aliphatic rings. The first-order valence-corrected chi connectivity index (χ1v) is 10.5. The Bertz CT molecular complexity index is 526. The van der Waals surface area contributed by atoms with Crippen LogP contribution in [0.3, 0.4) is 0 Å². The van der Waals surface area contributed by atoms with Gasteiger partial charge in [0, 0.05) is 11.1 Å². The van der Waals surface area contributed by atoms with Gasteiger partial charge in [0.05, 0.1) is 13.2 Å². The molecule has 0 saturated carbocycles. The third kappa shape index (κ3) is 6.30. The number of ether oxygens (including phenoxy) is 2. The van der Waals surface area contributed by atoms with E-state index in [-0.39, 0.29) is 11.5 Å². The third-order valence-electron chi connectivity index (χ3n) is 4.56. The lowest BCUT2D eigenvalue weighted by atomic mass is 9.96. The van der Waals surface area contributed by atoms with Gasteiger partial charge in [-0.3, -0.25) is 0 Å². The Morgan fingerprint density at radius 2 is 1.08 bits per heavy atom. The monoisotopic (exact) mass is 366 g/mol. The number of rotatable bonds is 14. The van der Waals surface area contributed by atoms with E-state index in [1.807, 2.05) is 0 Å². The number of phenolic OH excluding ortho intramolecular Hbond substituents is 2. The van der Waals surface area contributed by atoms with E-state index in [4.69, 9.17) is 9.47 Å². The standard InChI is InChI=1S/C22H38O4/c1-5-9-11-15-25-21-18(14-8-4)17(13-7-3)19(23)20(24)22(21)26-16-12-10-6-2/h23-24H,5-16H2,1-4H3. The summed E-state index contributed by atoms with van der Waals surface area (Å²) in [7, 11) is 0. The van der Waals surface area contributed by atoms with Gasteiger partial charge in [0.25, 0.3) is 0 Å². The normalized spacial score (nSPS) is 10.9. The molecule has 0 atom stereocenters. The van der Waals surface area contributed by atoms with Gasteiger partial charge >= 0.3 is 0 Å². The highest BCUT2D eigenvalue weighted by atomic mass is 16.5. The second-order valence-electron chi connectivity index (χ2n) is 6.92. The van der Waals surface area contributed by atoms with E-state index in [2.05, 4.69) is 27.7 Å². The Labute approximate surface area is 159 Å². The first kappa shape index (κ1) is 22.5. The topological polar surface area (TPSA) is 58.9 Å². The molecule has 0 aromatic heterocycles. The van der Waals surface area contributed by atoms with Crippen molar-refractivity contribution in [2.75, 3.05) is 13.2 Å². The summed E-state index contributed by atoms with van der Waals surface area (Å²) >= 11 is 0. The molecule has 0 saturated heterocycles. The molecule has 0 heterocycles. The highest BCUT2D eigenvalue weighted by Gasteiger charge is 2.25. The van der Waals surface area contributed by atoms with Crippen molar-refractivity contribution in [1.82, 2.24) is 0 Å². The van der Waals surface area contributed by atoms with Gasteiger partial charge in [-0.1, -0.05) is 66.2 Å². The minimum Gasteiger partial charge on any atom is -0.504 e. The Morgan fingerprint density at radius 1 is 0.577 bits per heavy atom. The smallest absolute Gasteiger partial charge is 0.207 e. The fraction of sp³-hybridized carbons (Fsp3) is 0.727. The van der Waals surface area contributed by atoms with Gasteiger partial charge in [-0.05, 0) is 25.7 Å². The molecule has 26 heavy (non-hydrogen) atoms. The summed E-state index contributed by atoms with van der Waals surface area (Å²) in [5.41, 5.74) is 1.80. The largest absolute Gasteiger partial charge is 0.504 e. The lowest BCUT2D eigenvalue weighted by Crippen LogP contribution is -2.08. The Balaban J connectivity index is 3.23. The third-order valence-corrected chi connectivity index (χ3v) is 4.56. The highest BCUT2D eigenvalue weighted by Crippen LogP contribution is 2.49. The summed E-state index contributed by atoms with van der Waals surface area (Å²) in [5, 5.41) is 21.2. The predicted molar refractivity (Wildman–Crippen MR) is 108 cm³/mol. The average Bonchev–Trinajstić information content (AvgIpc) is 2.64. The molecular formula is C22H38O4. The number of unbranched alkanes of at least 4 members (excludes halogenated alkanes) is 4. The van der Waals surface area contributed by atoms with Crippen LogP contribution in [0.5, 0.6) is 23.0 Å². The van der Waals surface area contributed by atoms with Crippen LogP contribution in [0.15, 0.2) is 0 Å². The Morgan fingerprint density at radius 3 is 1.58 bits per heavy atom. The van der Waals surface area contributed by atoms with Gasteiger partial charge < -0.3 is 19.7 Å². The number of hydrogen-bond acceptors (Lipinski definition) is 4. The van der Waals surface area contributed by atoms with Crippen LogP contribution in [0.2, 0.25) is 0 Å². The molecule has 0 radical (unpaired) electrons. The van der Waals surface area contributed by atoms with Gasteiger partial charge in [0.15, 0.2) is 11.5 Å². The van der Waals surface area contributed by atoms with Crippen molar-refractivity contribution in [3.8, 4) is 23.0 Å². The molecule has 1 aromatic rings. The molecule has 1 aromatic carbocycles. The second kappa shape index (κ2) is 12.7. The minimum atomic E-state index is -0.171. The van der Waals surface area contributed by atoms with E-state index in [0.29, 0.717) is 24.7 Å². The van der Waals surface area contributed by atoms with Crippen LogP contribution in [0.25, 0.3) is 0 Å². The van der Waals surface area contributed by atoms with Gasteiger partial charge in [-0.2, -0.15) is 0 Å². The van der Waals surface area contributed by atoms with Crippen molar-refractivity contribution >= 4 is 0 Å². The average molecular weight is 367 g/mol. The van der Waals surface area contributed by atoms with Crippen LogP contribution >= 0.6 is 0 Å². The van der Waals surface area contributed by atoms with E-state index in [1.54, 1.807) is 0 Å². The zero-order chi connectivity index (χ0) is 19.4. The lowest BCUT2D eigenvalue weighted by molar-refractivity contribution is 0.243. The van der Waals surface area contributed by atoms with Gasteiger partial charge in [0.1, 0.15) is 0 Å². The number of hydrogen-bond donors (Lipinski definition) is 2. The van der Waals surface area contributed by atoms with Crippen molar-refractivity contribution in [3.63, 3.8) is 0 Å². The van der Waals surface area contributed by atoms with E-state index >= 15 is 0 Å². The zero-order valence-corrected chi connectivity index (χ0v) is 17.2. The lowest BCUT2D eigenvalue weighted by Gasteiger charge is -2.22. The second-order valence-corrected chi connectivity index (χ2v) is 6.92. The van der Waals surface area contributed by atoms with Crippen molar-refractivity contribution < 1.29 is 19.7 Å². The number of benzene rings is 1. The van der Waals surface area contributed by atoms with E-state index < -0.39 is 0 Å². The molecule has 150 valence electrons. The summed E-state index contributed by atoms with van der Waals surface area (Å²) < 4.78 is 12.0. The van der Waals surface area contributed by atoms with Gasteiger partial charge in [-0.15, -0.1) is 0 Å². The molecule has 0 spiro atoms. The summed E-state index contributed by atoms with van der Waals surface area (Å²) in [6.45, 7) is 9.61. The summed E-state index contributed by atoms with van der Waals surface area (Å²) in [4.78, 5) is 0. The van der Waals surface area contributed by atoms with Crippen molar-refractivity contribution in [3.05, 3.63) is 11.1 Å². The quantitative estimate of drug-likeness (QED) is 0.307. The Hall–Kier alpha value is -1.58. The molecule has 1 rings (SSSR count). The van der Waals surface area contributed by atoms with E-state index in [0.717, 1.165) is 75.3 Å². The SMILES string of the molecule is CCCCCOc1c(O)c(O)c(CCC)c(CCC)c1OCCCCC. The van der Waals surface area contributed by atoms with Crippen molar-refractivity contribution in [2.45, 2.75) is 91.9 Å². The van der Waals surface area contributed by atoms with Crippen molar-refractivity contribution in [1.29, 1.82) is 0 Å². The molecule has 0 unspecified atom stereocenters. The van der Waals surface area contributed by atoms with Crippen LogP contribution in [-0.2, 0) is 12.8 Å². The number of phenols is 2. The van der Waals surface area contributed by atoms with Crippen LogP contribution < -0.4 is 9.47 Å². The molecule has 4 heteroatoms. The molecule has 0 amide bonds. The fourth-order valence-corrected chi connectivity index (χ4v) is 3.15. The molecule has 4 nitrogen and oxygen atoms in total. The van der Waals surface area contributed by atoms with Crippen LogP contribution in [0.1, 0.15) is 90.2 Å². The van der Waals surface area contributed by atoms with Crippen molar-refractivity contribution in [2.24, 2.45) is 0 Å². The molecule has 0 bridgehead atoms. The molecule has 2 N–H and O–H groups in total. The molecule has 0 aliphatic carbocycles. The first-order valence-electron chi connectivity index (χ1n) is 10.5. The van der Waals surface area contributed by atoms with Gasteiger partial charge in [-0.25, -0.2) is 0 Å². The number of aromatic hydroxyl groups is 2. The van der Waals surface area contributed by atoms with E-state index in [1.165, 1.54) is 0 Å². The maximum atomic E-state index is 10.6. The summed E-state index contributed by atoms with van der Waals surface area (Å²) in [6, 6.07) is 0. The highest BCUT2D eigenvalue weighted by molar-refractivity contribution is 5.66. The maximum Gasteiger partial charge on any atom is 0.207 e. The maximum absolute atomic E-state index is 10.6.